The van der Waals surface area contributed by atoms with Crippen LogP contribution in [0.4, 0.5) is 4.79 Å². The fourth-order valence-corrected chi connectivity index (χ4v) is 2.47. The summed E-state index contributed by atoms with van der Waals surface area (Å²) in [6.45, 7) is 5.58. The molecule has 0 spiro atoms. The smallest absolute Gasteiger partial charge is 0.419 e. The summed E-state index contributed by atoms with van der Waals surface area (Å²) in [5, 5.41) is 1.02. The van der Waals surface area contributed by atoms with E-state index in [4.69, 9.17) is 4.74 Å². The summed E-state index contributed by atoms with van der Waals surface area (Å²) in [7, 11) is 0. The van der Waals surface area contributed by atoms with Crippen LogP contribution in [0, 0.1) is 0 Å². The van der Waals surface area contributed by atoms with E-state index in [2.05, 4.69) is 0 Å². The van der Waals surface area contributed by atoms with Crippen molar-refractivity contribution in [3.05, 3.63) is 48.2 Å². The Hall–Kier alpha value is -2.36. The quantitative estimate of drug-likeness (QED) is 0.464. The molecule has 122 valence electrons. The minimum Gasteiger partial charge on any atom is -0.443 e. The zero-order valence-corrected chi connectivity index (χ0v) is 13.9. The Bertz CT molecular complexity index is 720. The summed E-state index contributed by atoms with van der Waals surface area (Å²) in [6, 6.07) is 9.82. The van der Waals surface area contributed by atoms with Gasteiger partial charge in [0.05, 0.1) is 5.52 Å². The number of carbonyl (C=O) groups is 2. The molecule has 0 unspecified atom stereocenters. The molecule has 0 aliphatic rings. The van der Waals surface area contributed by atoms with Crippen LogP contribution in [-0.4, -0.2) is 22.5 Å². The first-order chi connectivity index (χ1) is 10.9. The summed E-state index contributed by atoms with van der Waals surface area (Å²) in [5.74, 6) is 0. The van der Waals surface area contributed by atoms with Crippen molar-refractivity contribution in [2.45, 2.75) is 45.6 Å². The second-order valence-electron chi connectivity index (χ2n) is 6.47. The molecule has 0 bridgehead atoms. The number of hydrogen-bond acceptors (Lipinski definition) is 3. The van der Waals surface area contributed by atoms with Crippen LogP contribution in [0.3, 0.4) is 0 Å². The van der Waals surface area contributed by atoms with Crippen LogP contribution in [0.15, 0.2) is 42.5 Å². The van der Waals surface area contributed by atoms with Crippen molar-refractivity contribution >= 4 is 23.3 Å². The lowest BCUT2D eigenvalue weighted by atomic mass is 10.2. The highest BCUT2D eigenvalue weighted by Gasteiger charge is 2.21. The minimum absolute atomic E-state index is 0.350. The number of aryl methyl sites for hydroxylation is 1. The number of rotatable bonds is 5. The van der Waals surface area contributed by atoms with Crippen molar-refractivity contribution in [3.63, 3.8) is 0 Å². The molecule has 0 saturated carbocycles. The normalized spacial score (nSPS) is 12.0. The lowest BCUT2D eigenvalue weighted by molar-refractivity contribution is -0.104. The van der Waals surface area contributed by atoms with Crippen molar-refractivity contribution in [2.24, 2.45) is 0 Å². The van der Waals surface area contributed by atoms with Gasteiger partial charge in [-0.1, -0.05) is 24.3 Å². The maximum Gasteiger partial charge on any atom is 0.419 e. The monoisotopic (exact) mass is 313 g/mol. The van der Waals surface area contributed by atoms with Gasteiger partial charge in [0, 0.05) is 11.1 Å². The molecule has 0 fully saturated rings. The van der Waals surface area contributed by atoms with Crippen LogP contribution in [0.1, 0.15) is 39.3 Å². The van der Waals surface area contributed by atoms with Crippen LogP contribution >= 0.6 is 0 Å². The van der Waals surface area contributed by atoms with E-state index >= 15 is 0 Å². The zero-order chi connectivity index (χ0) is 16.9. The fourth-order valence-electron chi connectivity index (χ4n) is 2.47. The van der Waals surface area contributed by atoms with E-state index in [-0.39, 0.29) is 6.09 Å². The lowest BCUT2D eigenvalue weighted by Gasteiger charge is -2.21. The third-order valence-corrected chi connectivity index (χ3v) is 3.38. The van der Waals surface area contributed by atoms with E-state index in [0.29, 0.717) is 0 Å². The number of benzene rings is 1. The molecule has 0 radical (unpaired) electrons. The summed E-state index contributed by atoms with van der Waals surface area (Å²) < 4.78 is 7.20. The molecule has 2 rings (SSSR count). The van der Waals surface area contributed by atoms with E-state index in [1.807, 2.05) is 57.2 Å². The second kappa shape index (κ2) is 7.27. The standard InChI is InChI=1S/C19H23NO3/c1-19(2,3)23-18(22)20-16(11-6-4-5-9-13-21)14-15-10-7-8-12-17(15)20/h5,7-10,12-14H,4,6,11H2,1-3H3/b9-5+. The molecule has 1 aromatic carbocycles. The topological polar surface area (TPSA) is 48.3 Å². The van der Waals surface area contributed by atoms with Gasteiger partial charge in [-0.2, -0.15) is 0 Å². The Kier molecular flexibility index (Phi) is 5.37. The predicted octanol–water partition coefficient (Wildman–Crippen LogP) is 4.50. The second-order valence-corrected chi connectivity index (χ2v) is 6.47. The SMILES string of the molecule is CC(C)(C)OC(=O)n1c(CCC/C=C/C=O)cc2ccccc21. The summed E-state index contributed by atoms with van der Waals surface area (Å²) in [6.07, 6.45) is 6.18. The third-order valence-electron chi connectivity index (χ3n) is 3.38. The largest absolute Gasteiger partial charge is 0.443 e. The molecule has 0 saturated heterocycles. The Labute approximate surface area is 136 Å². The average Bonchev–Trinajstić information content (AvgIpc) is 2.83. The number of fused-ring (bicyclic) bond motifs is 1. The first kappa shape index (κ1) is 17.0. The van der Waals surface area contributed by atoms with Crippen molar-refractivity contribution < 1.29 is 14.3 Å². The van der Waals surface area contributed by atoms with Gasteiger partial charge in [0.2, 0.25) is 0 Å². The Balaban J connectivity index is 2.28. The molecular weight excluding hydrogens is 290 g/mol. The lowest BCUT2D eigenvalue weighted by Crippen LogP contribution is -2.28. The maximum absolute atomic E-state index is 12.6. The van der Waals surface area contributed by atoms with Crippen molar-refractivity contribution in [1.82, 2.24) is 4.57 Å². The Morgan fingerprint density at radius 2 is 2.00 bits per heavy atom. The van der Waals surface area contributed by atoms with E-state index in [1.165, 1.54) is 6.08 Å². The molecule has 1 aromatic heterocycles. The van der Waals surface area contributed by atoms with Gasteiger partial charge in [-0.3, -0.25) is 4.79 Å². The first-order valence-electron chi connectivity index (χ1n) is 7.85. The third kappa shape index (κ3) is 4.55. The van der Waals surface area contributed by atoms with Gasteiger partial charge in [-0.15, -0.1) is 0 Å². The first-order valence-corrected chi connectivity index (χ1v) is 7.85. The van der Waals surface area contributed by atoms with Crippen molar-refractivity contribution in [3.8, 4) is 0 Å². The highest BCUT2D eigenvalue weighted by molar-refractivity contribution is 5.91. The zero-order valence-electron chi connectivity index (χ0n) is 13.9. The van der Waals surface area contributed by atoms with Crippen LogP contribution in [0.2, 0.25) is 0 Å². The highest BCUT2D eigenvalue weighted by atomic mass is 16.6. The molecule has 4 nitrogen and oxygen atoms in total. The van der Waals surface area contributed by atoms with Gasteiger partial charge in [0.1, 0.15) is 11.9 Å². The fraction of sp³-hybridized carbons (Fsp3) is 0.368. The number of nitrogens with zero attached hydrogens (tertiary/aromatic N) is 1. The number of hydrogen-bond donors (Lipinski definition) is 0. The van der Waals surface area contributed by atoms with Gasteiger partial charge in [0.15, 0.2) is 0 Å². The van der Waals surface area contributed by atoms with Gasteiger partial charge < -0.3 is 4.74 Å². The molecule has 4 heteroatoms. The van der Waals surface area contributed by atoms with Crippen molar-refractivity contribution in [1.29, 1.82) is 0 Å². The number of aromatic nitrogens is 1. The van der Waals surface area contributed by atoms with Gasteiger partial charge >= 0.3 is 6.09 Å². The van der Waals surface area contributed by atoms with Crippen LogP contribution in [0.5, 0.6) is 0 Å². The molecule has 23 heavy (non-hydrogen) atoms. The van der Waals surface area contributed by atoms with Crippen molar-refractivity contribution in [2.75, 3.05) is 0 Å². The van der Waals surface area contributed by atoms with Gasteiger partial charge in [0.25, 0.3) is 0 Å². The Morgan fingerprint density at radius 1 is 1.26 bits per heavy atom. The van der Waals surface area contributed by atoms with E-state index < -0.39 is 5.60 Å². The molecule has 0 atom stereocenters. The van der Waals surface area contributed by atoms with E-state index in [9.17, 15) is 9.59 Å². The highest BCUT2D eigenvalue weighted by Crippen LogP contribution is 2.23. The van der Waals surface area contributed by atoms with Crippen LogP contribution in [-0.2, 0) is 16.0 Å². The number of allylic oxidation sites excluding steroid dienone is 2. The summed E-state index contributed by atoms with van der Waals surface area (Å²) >= 11 is 0. The molecule has 2 aromatic rings. The molecule has 1 heterocycles. The number of carbonyl (C=O) groups excluding carboxylic acids is 2. The molecule has 0 N–H and O–H groups in total. The van der Waals surface area contributed by atoms with E-state index in [1.54, 1.807) is 4.57 Å². The molecule has 0 amide bonds. The minimum atomic E-state index is -0.535. The number of ether oxygens (including phenoxy) is 1. The predicted molar refractivity (Wildman–Crippen MR) is 91.7 cm³/mol. The summed E-state index contributed by atoms with van der Waals surface area (Å²) in [4.78, 5) is 22.9. The summed E-state index contributed by atoms with van der Waals surface area (Å²) in [5.41, 5.74) is 1.26. The average molecular weight is 313 g/mol. The molecule has 0 aliphatic carbocycles. The molecule has 0 aliphatic heterocycles. The maximum atomic E-state index is 12.6. The van der Waals surface area contributed by atoms with E-state index in [0.717, 1.165) is 42.1 Å². The molecular formula is C19H23NO3. The Morgan fingerprint density at radius 3 is 2.70 bits per heavy atom. The van der Waals surface area contributed by atoms with Gasteiger partial charge in [-0.25, -0.2) is 9.36 Å². The van der Waals surface area contributed by atoms with Gasteiger partial charge in [-0.05, 0) is 58.2 Å². The number of unbranched alkanes of at least 4 members (excludes halogenated alkanes) is 1. The van der Waals surface area contributed by atoms with Crippen LogP contribution < -0.4 is 0 Å². The van der Waals surface area contributed by atoms with Crippen LogP contribution in [0.25, 0.3) is 10.9 Å². The number of para-hydroxylation sites is 1. The number of aldehydes is 1.